The summed E-state index contributed by atoms with van der Waals surface area (Å²) >= 11 is 3.33. The first-order chi connectivity index (χ1) is 49.5. The number of carbonyl (C=O) groups is 10. The minimum absolute atomic E-state index is 0.00874. The lowest BCUT2D eigenvalue weighted by molar-refractivity contribution is -0.158. The summed E-state index contributed by atoms with van der Waals surface area (Å²) in [5.41, 5.74) is 1.65. The van der Waals surface area contributed by atoms with Crippen molar-refractivity contribution >= 4 is 81.6 Å². The van der Waals surface area contributed by atoms with Crippen LogP contribution in [-0.4, -0.2) is 183 Å². The second kappa shape index (κ2) is 38.1. The van der Waals surface area contributed by atoms with E-state index in [4.69, 9.17) is 50.5 Å². The number of carboxylic acids is 3. The van der Waals surface area contributed by atoms with Crippen molar-refractivity contribution in [3.63, 3.8) is 0 Å². The molecule has 9 rings (SSSR count). The normalized spacial score (nSPS) is 16.6. The highest BCUT2D eigenvalue weighted by Gasteiger charge is 2.49. The summed E-state index contributed by atoms with van der Waals surface area (Å²) in [5.74, 6) is -3.40. The van der Waals surface area contributed by atoms with Crippen LogP contribution in [0.3, 0.4) is 0 Å². The molecule has 1 aliphatic carbocycles. The maximum absolute atomic E-state index is 12.9. The van der Waals surface area contributed by atoms with Gasteiger partial charge in [-0.05, 0) is 226 Å². The molecule has 4 saturated heterocycles. The zero-order valence-electron chi connectivity index (χ0n) is 63.7. The van der Waals surface area contributed by atoms with Crippen molar-refractivity contribution in [3.8, 4) is 6.07 Å². The molecular formula is C80H105BrN6O19. The van der Waals surface area contributed by atoms with E-state index in [0.29, 0.717) is 153 Å². The van der Waals surface area contributed by atoms with Crippen molar-refractivity contribution in [2.45, 2.75) is 195 Å². The number of piperidine rings is 4. The first kappa shape index (κ1) is 87.1. The zero-order chi connectivity index (χ0) is 79.2. The molecule has 4 aromatic carbocycles. The number of nitrogens with zero attached hydrogens (tertiary/aromatic N) is 6. The molecule has 0 saturated carbocycles. The molecule has 0 aromatic heterocycles. The van der Waals surface area contributed by atoms with Crippen LogP contribution in [0.15, 0.2) is 91.0 Å². The Morgan fingerprint density at radius 3 is 1.28 bits per heavy atom. The van der Waals surface area contributed by atoms with E-state index in [2.05, 4.69) is 26.8 Å². The van der Waals surface area contributed by atoms with E-state index in [-0.39, 0.29) is 53.0 Å². The lowest BCUT2D eigenvalue weighted by atomic mass is 9.73. The van der Waals surface area contributed by atoms with Crippen molar-refractivity contribution in [1.29, 1.82) is 5.26 Å². The Balaban J connectivity index is 0.000000245. The van der Waals surface area contributed by atoms with Crippen molar-refractivity contribution in [2.24, 2.45) is 22.2 Å². The van der Waals surface area contributed by atoms with Gasteiger partial charge in [-0.15, -0.1) is 0 Å². The summed E-state index contributed by atoms with van der Waals surface area (Å²) in [5, 5.41) is 37.7. The van der Waals surface area contributed by atoms with E-state index < -0.39 is 62.7 Å². The molecule has 4 fully saturated rings. The third kappa shape index (κ3) is 26.5. The number of amides is 4. The Bertz CT molecular complexity index is 3780. The number of rotatable bonds is 12. The van der Waals surface area contributed by atoms with Gasteiger partial charge in [0.15, 0.2) is 11.5 Å². The minimum atomic E-state index is -1.03. The average Bonchev–Trinajstić information content (AvgIpc) is 1.58. The molecule has 4 aromatic rings. The molecule has 26 heteroatoms. The number of carboxylic acid groups (broad SMARTS) is 3. The van der Waals surface area contributed by atoms with Crippen LogP contribution in [0, 0.1) is 40.1 Å². The van der Waals surface area contributed by atoms with Crippen LogP contribution in [0.4, 0.5) is 24.9 Å². The van der Waals surface area contributed by atoms with Gasteiger partial charge in [0.05, 0.1) is 59.3 Å². The van der Waals surface area contributed by atoms with Crippen molar-refractivity contribution in [3.05, 3.63) is 147 Å². The molecule has 0 atom stereocenters. The Labute approximate surface area is 631 Å². The number of esters is 2. The maximum atomic E-state index is 12.9. The van der Waals surface area contributed by atoms with Gasteiger partial charge < -0.3 is 63.3 Å². The summed E-state index contributed by atoms with van der Waals surface area (Å²) in [6, 6.07) is 27.9. The first-order valence-electron chi connectivity index (χ1n) is 35.8. The lowest BCUT2D eigenvalue weighted by Crippen LogP contribution is -2.49. The highest BCUT2D eigenvalue weighted by Crippen LogP contribution is 2.45. The summed E-state index contributed by atoms with van der Waals surface area (Å²) in [7, 11) is 0. The van der Waals surface area contributed by atoms with Gasteiger partial charge in [-0.2, -0.15) is 5.26 Å². The third-order valence-electron chi connectivity index (χ3n) is 18.2. The van der Waals surface area contributed by atoms with Gasteiger partial charge in [-0.1, -0.05) is 70.5 Å². The summed E-state index contributed by atoms with van der Waals surface area (Å²) < 4.78 is 31.8. The third-order valence-corrected chi connectivity index (χ3v) is 18.9. The predicted molar refractivity (Wildman–Crippen MR) is 399 cm³/mol. The summed E-state index contributed by atoms with van der Waals surface area (Å²) in [6.45, 7) is 36.5. The van der Waals surface area contributed by atoms with Gasteiger partial charge in [-0.3, -0.25) is 19.2 Å². The highest BCUT2D eigenvalue weighted by molar-refractivity contribution is 9.08. The van der Waals surface area contributed by atoms with Crippen LogP contribution in [-0.2, 0) is 67.4 Å². The molecule has 3 N–H and O–H groups in total. The molecule has 0 unspecified atom stereocenters. The number of nitriles is 1. The molecule has 0 bridgehead atoms. The molecule has 5 aliphatic rings. The van der Waals surface area contributed by atoms with Crippen LogP contribution in [0.5, 0.6) is 0 Å². The lowest BCUT2D eigenvalue weighted by Gasteiger charge is -2.40. The first-order valence-corrected chi connectivity index (χ1v) is 36.9. The standard InChI is InChI=1S/C21H28N2O4.C19H25NO6.C19H23NO5.C13H23NO4.C8H6BrN/c1-5-26-18(24)21(14-16-6-8-17(15-22)9-7-16)10-12-23(13-11-21)19(25)27-20(2,3)4;1-18(2,3)26-17(25)20-10-8-19(9-11-20,16(23)24)12-13-4-6-14(7-5-13)15(21)22;1-18(2,3)25-17(24)20-8-6-19(7-9-20)11-13-5-4-12(16(22)23)10-14(13)15(19)21;1-5-17-11(15)10-6-8-14(9-7-10)12(16)18-13(2,3)4;1-10-8-4-2-7(6-9)3-5-8/h6-9H,5,10-14H2,1-4H3;4-7H,8-12H2,1-3H3,(H,21,22)(H,23,24);4-5,10H,6-9,11H2,1-3H3,(H,22,23);10H,5-9H2,1-4H3;2-5H,6H2. The summed E-state index contributed by atoms with van der Waals surface area (Å²) in [4.78, 5) is 129. The number of benzene rings is 4. The molecule has 4 amide bonds. The van der Waals surface area contributed by atoms with Crippen molar-refractivity contribution in [2.75, 3.05) is 65.6 Å². The number of fused-ring (bicyclic) bond motifs is 1. The van der Waals surface area contributed by atoms with Gasteiger partial charge in [-0.25, -0.2) is 33.6 Å². The van der Waals surface area contributed by atoms with Crippen molar-refractivity contribution in [1.82, 2.24) is 19.6 Å². The minimum Gasteiger partial charge on any atom is -0.481 e. The number of hydrogen-bond donors (Lipinski definition) is 3. The number of ether oxygens (including phenoxy) is 6. The maximum Gasteiger partial charge on any atom is 0.410 e. The number of alkyl halides is 1. The predicted octanol–water partition coefficient (Wildman–Crippen LogP) is 15.2. The second-order valence-electron chi connectivity index (χ2n) is 31.0. The van der Waals surface area contributed by atoms with Crippen LogP contribution in [0.25, 0.3) is 4.85 Å². The number of carbonyl (C=O) groups excluding carboxylic acids is 7. The fraction of sp³-hybridized carbons (Fsp3) is 0.550. The Morgan fingerprint density at radius 1 is 0.528 bits per heavy atom. The molecule has 576 valence electrons. The molecule has 106 heavy (non-hydrogen) atoms. The van der Waals surface area contributed by atoms with E-state index in [1.807, 2.05) is 98.7 Å². The molecule has 4 heterocycles. The molecule has 4 aliphatic heterocycles. The number of Topliss-reactive ketones (excluding diaryl/α,β-unsaturated/α-hetero) is 1. The number of aliphatic carboxylic acids is 1. The number of likely N-dealkylation sites (tertiary alicyclic amines) is 4. The SMILES string of the molecule is CC(C)(C)OC(=O)N1CCC(Cc2ccc(C(=O)O)cc2)(C(=O)O)CC1.CC(C)(C)OC(=O)N1CCC2(CC1)Cc1ccc(C(=O)O)cc1C2=O.CCOC(=O)C1(Cc2ccc(C#N)cc2)CCN(C(=O)OC(C)(C)C)CC1.CCOC(=O)C1CCN(C(=O)OC(C)(C)C)CC1.[C-]#[N+]c1ccc(CBr)cc1. The molecule has 25 nitrogen and oxygen atoms in total. The van der Waals surface area contributed by atoms with Crippen LogP contribution in [0.1, 0.15) is 207 Å². The van der Waals surface area contributed by atoms with Crippen molar-refractivity contribution < 1.29 is 91.7 Å². The second-order valence-corrected chi connectivity index (χ2v) is 31.6. The van der Waals surface area contributed by atoms with Crippen LogP contribution < -0.4 is 0 Å². The fourth-order valence-electron chi connectivity index (χ4n) is 12.5. The topological polar surface area (TPSA) is 328 Å². The van der Waals surface area contributed by atoms with E-state index in [1.54, 1.807) is 90.6 Å². The van der Waals surface area contributed by atoms with Gasteiger partial charge in [0, 0.05) is 68.7 Å². The van der Waals surface area contributed by atoms with E-state index >= 15 is 0 Å². The van der Waals surface area contributed by atoms with Gasteiger partial charge in [0.1, 0.15) is 22.4 Å². The smallest absolute Gasteiger partial charge is 0.410 e. The fourth-order valence-corrected chi connectivity index (χ4v) is 12.9. The number of aromatic carboxylic acids is 2. The number of hydrogen-bond acceptors (Lipinski definition) is 17. The molecule has 0 radical (unpaired) electrons. The highest BCUT2D eigenvalue weighted by atomic mass is 79.9. The van der Waals surface area contributed by atoms with E-state index in [1.165, 1.54) is 23.8 Å². The Hall–Kier alpha value is -9.56. The zero-order valence-corrected chi connectivity index (χ0v) is 65.3. The van der Waals surface area contributed by atoms with Crippen LogP contribution >= 0.6 is 15.9 Å². The molecular weight excluding hydrogens is 1430 g/mol. The van der Waals surface area contributed by atoms with Gasteiger partial charge in [0.2, 0.25) is 0 Å². The van der Waals surface area contributed by atoms with Gasteiger partial charge >= 0.3 is 54.2 Å². The van der Waals surface area contributed by atoms with Crippen LogP contribution in [0.2, 0.25) is 0 Å². The Morgan fingerprint density at radius 2 is 0.906 bits per heavy atom. The quantitative estimate of drug-likeness (QED) is 0.0513. The monoisotopic (exact) mass is 1530 g/mol. The largest absolute Gasteiger partial charge is 0.481 e. The van der Waals surface area contributed by atoms with Gasteiger partial charge in [0.25, 0.3) is 0 Å². The summed E-state index contributed by atoms with van der Waals surface area (Å²) in [6.07, 6.45) is 4.14. The van der Waals surface area contributed by atoms with E-state index in [9.17, 15) is 53.1 Å². The molecule has 1 spiro atoms. The number of halogens is 1. The average molecular weight is 1530 g/mol. The van der Waals surface area contributed by atoms with E-state index in [0.717, 1.165) is 22.0 Å². The number of ketones is 1. The Kier molecular flexibility index (Phi) is 31.3.